The molecule has 1 saturated carbocycles. The summed E-state index contributed by atoms with van der Waals surface area (Å²) in [5, 5.41) is 1.12. The van der Waals surface area contributed by atoms with E-state index in [4.69, 9.17) is 5.73 Å². The number of carbonyl (C=O) groups is 1. The van der Waals surface area contributed by atoms with Crippen molar-refractivity contribution in [3.05, 3.63) is 5.56 Å². The number of amides is 1. The number of hydrogen-bond donors (Lipinski definition) is 1. The zero-order chi connectivity index (χ0) is 12.7. The van der Waals surface area contributed by atoms with Crippen molar-refractivity contribution in [2.24, 2.45) is 0 Å². The Bertz CT molecular complexity index is 469. The second-order valence-electron chi connectivity index (χ2n) is 5.15. The van der Waals surface area contributed by atoms with Crippen LogP contribution in [-0.2, 0) is 4.79 Å². The summed E-state index contributed by atoms with van der Waals surface area (Å²) in [6.45, 7) is 2.21. The highest BCUT2D eigenvalue weighted by atomic mass is 32.1. The van der Waals surface area contributed by atoms with Gasteiger partial charge in [-0.3, -0.25) is 4.79 Å². The van der Waals surface area contributed by atoms with Crippen LogP contribution in [-0.4, -0.2) is 41.9 Å². The van der Waals surface area contributed by atoms with Gasteiger partial charge in [0.25, 0.3) is 0 Å². The van der Waals surface area contributed by atoms with Gasteiger partial charge < -0.3 is 15.5 Å². The van der Waals surface area contributed by atoms with Gasteiger partial charge in [0.05, 0.1) is 6.54 Å². The van der Waals surface area contributed by atoms with Crippen molar-refractivity contribution in [2.45, 2.75) is 25.2 Å². The Morgan fingerprint density at radius 2 is 2.17 bits per heavy atom. The van der Waals surface area contributed by atoms with Crippen LogP contribution in [0.3, 0.4) is 0 Å². The first-order valence-corrected chi connectivity index (χ1v) is 7.18. The Balaban J connectivity index is 1.87. The molecule has 6 heteroatoms. The smallest absolute Gasteiger partial charge is 0.241 e. The normalized spacial score (nSPS) is 21.3. The van der Waals surface area contributed by atoms with E-state index in [1.54, 1.807) is 4.90 Å². The lowest BCUT2D eigenvalue weighted by molar-refractivity contribution is -0.127. The lowest BCUT2D eigenvalue weighted by Gasteiger charge is -2.21. The largest absolute Gasteiger partial charge is 0.383 e. The predicted octanol–water partition coefficient (Wildman–Crippen LogP) is 1.27. The Kier molecular flexibility index (Phi) is 2.89. The van der Waals surface area contributed by atoms with Crippen LogP contribution in [0.1, 0.15) is 30.7 Å². The van der Waals surface area contributed by atoms with Crippen molar-refractivity contribution in [3.8, 4) is 0 Å². The average Bonchev–Trinajstić information content (AvgIpc) is 3.12. The lowest BCUT2D eigenvalue weighted by Crippen LogP contribution is -2.34. The van der Waals surface area contributed by atoms with Crippen LogP contribution < -0.4 is 10.6 Å². The van der Waals surface area contributed by atoms with E-state index in [1.165, 1.54) is 29.9 Å². The maximum Gasteiger partial charge on any atom is 0.241 e. The molecule has 98 valence electrons. The summed E-state index contributed by atoms with van der Waals surface area (Å²) in [5.41, 5.74) is 7.16. The summed E-state index contributed by atoms with van der Waals surface area (Å²) in [4.78, 5) is 15.9. The van der Waals surface area contributed by atoms with Gasteiger partial charge in [-0.15, -0.1) is 0 Å². The highest BCUT2D eigenvalue weighted by molar-refractivity contribution is 7.10. The van der Waals surface area contributed by atoms with Crippen LogP contribution in [0.25, 0.3) is 0 Å². The Morgan fingerprint density at radius 3 is 2.89 bits per heavy atom. The summed E-state index contributed by atoms with van der Waals surface area (Å²) in [5.74, 6) is 1.43. The van der Waals surface area contributed by atoms with Crippen molar-refractivity contribution in [3.63, 3.8) is 0 Å². The van der Waals surface area contributed by atoms with E-state index in [1.807, 2.05) is 7.05 Å². The van der Waals surface area contributed by atoms with Crippen molar-refractivity contribution in [2.75, 3.05) is 37.3 Å². The van der Waals surface area contributed by atoms with Crippen LogP contribution >= 0.6 is 11.5 Å². The molecule has 1 aliphatic heterocycles. The van der Waals surface area contributed by atoms with E-state index in [9.17, 15) is 4.79 Å². The quantitative estimate of drug-likeness (QED) is 0.875. The van der Waals surface area contributed by atoms with Gasteiger partial charge in [-0.05, 0) is 36.7 Å². The minimum atomic E-state index is 0.182. The van der Waals surface area contributed by atoms with E-state index in [0.717, 1.165) is 24.5 Å². The van der Waals surface area contributed by atoms with Gasteiger partial charge in [-0.1, -0.05) is 0 Å². The molecule has 1 aromatic rings. The summed E-state index contributed by atoms with van der Waals surface area (Å²) in [6.07, 6.45) is 3.42. The van der Waals surface area contributed by atoms with Crippen molar-refractivity contribution < 1.29 is 4.79 Å². The molecule has 2 aliphatic rings. The van der Waals surface area contributed by atoms with Gasteiger partial charge >= 0.3 is 0 Å². The second kappa shape index (κ2) is 4.42. The summed E-state index contributed by atoms with van der Waals surface area (Å²) in [7, 11) is 1.87. The van der Waals surface area contributed by atoms with Crippen molar-refractivity contribution in [1.82, 2.24) is 9.27 Å². The standard InChI is InChI=1S/C12H18N4OS/c1-15-5-2-6-16(7-9(15)17)12-10(8-3-4-8)11(13)14-18-12/h8H,2-7H2,1H3,(H2,13,14). The molecule has 1 amide bonds. The first-order chi connectivity index (χ1) is 8.66. The van der Waals surface area contributed by atoms with Crippen LogP contribution in [0.2, 0.25) is 0 Å². The zero-order valence-electron chi connectivity index (χ0n) is 10.6. The maximum atomic E-state index is 11.9. The van der Waals surface area contributed by atoms with Crippen LogP contribution in [0.4, 0.5) is 10.8 Å². The molecule has 1 aliphatic carbocycles. The first kappa shape index (κ1) is 11.8. The van der Waals surface area contributed by atoms with Gasteiger partial charge in [-0.2, -0.15) is 4.37 Å². The first-order valence-electron chi connectivity index (χ1n) is 6.40. The molecule has 0 aromatic carbocycles. The van der Waals surface area contributed by atoms with Gasteiger partial charge in [-0.25, -0.2) is 0 Å². The number of anilines is 2. The molecule has 1 saturated heterocycles. The molecule has 3 rings (SSSR count). The van der Waals surface area contributed by atoms with Gasteiger partial charge in [0.1, 0.15) is 10.8 Å². The highest BCUT2D eigenvalue weighted by Gasteiger charge is 2.33. The number of carbonyl (C=O) groups excluding carboxylic acids is 1. The minimum absolute atomic E-state index is 0.182. The number of nitrogens with two attached hydrogens (primary N) is 1. The molecule has 0 atom stereocenters. The third-order valence-electron chi connectivity index (χ3n) is 3.68. The topological polar surface area (TPSA) is 62.5 Å². The fraction of sp³-hybridized carbons (Fsp3) is 0.667. The number of nitrogens with zero attached hydrogens (tertiary/aromatic N) is 3. The lowest BCUT2D eigenvalue weighted by atomic mass is 10.2. The fourth-order valence-corrected chi connectivity index (χ4v) is 3.37. The molecule has 0 unspecified atom stereocenters. The molecule has 2 N–H and O–H groups in total. The molecule has 0 bridgehead atoms. The van der Waals surface area contributed by atoms with E-state index in [0.29, 0.717) is 18.3 Å². The van der Waals surface area contributed by atoms with E-state index in [-0.39, 0.29) is 5.91 Å². The number of hydrogen-bond acceptors (Lipinski definition) is 5. The van der Waals surface area contributed by atoms with Crippen LogP contribution in [0, 0.1) is 0 Å². The maximum absolute atomic E-state index is 11.9. The van der Waals surface area contributed by atoms with Crippen LogP contribution in [0.15, 0.2) is 0 Å². The number of nitrogen functional groups attached to an aromatic ring is 1. The van der Waals surface area contributed by atoms with Gasteiger partial charge in [0, 0.05) is 25.7 Å². The highest BCUT2D eigenvalue weighted by Crippen LogP contribution is 2.48. The monoisotopic (exact) mass is 266 g/mol. The summed E-state index contributed by atoms with van der Waals surface area (Å²) in [6, 6.07) is 0. The van der Waals surface area contributed by atoms with E-state index < -0.39 is 0 Å². The molecule has 0 spiro atoms. The summed E-state index contributed by atoms with van der Waals surface area (Å²) >= 11 is 1.44. The zero-order valence-corrected chi connectivity index (χ0v) is 11.4. The minimum Gasteiger partial charge on any atom is -0.383 e. The molecular formula is C12H18N4OS. The Hall–Kier alpha value is -1.30. The molecule has 5 nitrogen and oxygen atoms in total. The summed E-state index contributed by atoms with van der Waals surface area (Å²) < 4.78 is 4.28. The predicted molar refractivity (Wildman–Crippen MR) is 73.0 cm³/mol. The number of rotatable bonds is 2. The number of likely N-dealkylation sites (N-methyl/N-ethyl adjacent to an activating group) is 1. The average molecular weight is 266 g/mol. The molecule has 2 heterocycles. The Labute approximate surface area is 111 Å². The SMILES string of the molecule is CN1CCCN(c2snc(N)c2C2CC2)CC1=O. The molecule has 18 heavy (non-hydrogen) atoms. The van der Waals surface area contributed by atoms with Crippen molar-refractivity contribution in [1.29, 1.82) is 0 Å². The molecule has 1 aromatic heterocycles. The molecular weight excluding hydrogens is 248 g/mol. The van der Waals surface area contributed by atoms with Gasteiger partial charge in [0.15, 0.2) is 0 Å². The molecule has 0 radical (unpaired) electrons. The Morgan fingerprint density at radius 1 is 1.39 bits per heavy atom. The van der Waals surface area contributed by atoms with E-state index >= 15 is 0 Å². The molecule has 2 fully saturated rings. The van der Waals surface area contributed by atoms with E-state index in [2.05, 4.69) is 9.27 Å². The number of aromatic nitrogens is 1. The van der Waals surface area contributed by atoms with Crippen LogP contribution in [0.5, 0.6) is 0 Å². The second-order valence-corrected chi connectivity index (χ2v) is 5.90. The third-order valence-corrected chi connectivity index (χ3v) is 4.62. The fourth-order valence-electron chi connectivity index (χ4n) is 2.44. The van der Waals surface area contributed by atoms with Gasteiger partial charge in [0.2, 0.25) is 5.91 Å². The van der Waals surface area contributed by atoms with Crippen molar-refractivity contribution >= 4 is 28.3 Å². The third kappa shape index (κ3) is 2.05.